The van der Waals surface area contributed by atoms with E-state index < -0.39 is 5.41 Å². The summed E-state index contributed by atoms with van der Waals surface area (Å²) in [5.74, 6) is 0. The molecule has 2 heteroatoms. The van der Waals surface area contributed by atoms with E-state index >= 15 is 0 Å². The monoisotopic (exact) mass is 776 g/mol. The zero-order valence-electron chi connectivity index (χ0n) is 33.5. The van der Waals surface area contributed by atoms with Gasteiger partial charge in [0, 0.05) is 33.5 Å². The highest BCUT2D eigenvalue weighted by molar-refractivity contribution is 6.10. The summed E-state index contributed by atoms with van der Waals surface area (Å²) in [6.07, 6.45) is 0. The molecule has 61 heavy (non-hydrogen) atoms. The first kappa shape index (κ1) is 35.0. The van der Waals surface area contributed by atoms with Crippen molar-refractivity contribution in [3.8, 4) is 27.9 Å². The van der Waals surface area contributed by atoms with Crippen molar-refractivity contribution in [3.63, 3.8) is 0 Å². The Balaban J connectivity index is 1.10. The quantitative estimate of drug-likeness (QED) is 0.156. The van der Waals surface area contributed by atoms with Crippen molar-refractivity contribution in [3.05, 3.63) is 265 Å². The molecule has 0 spiro atoms. The van der Waals surface area contributed by atoms with Crippen molar-refractivity contribution in [2.45, 2.75) is 5.41 Å². The summed E-state index contributed by atoms with van der Waals surface area (Å²) in [5, 5.41) is 4.93. The summed E-state index contributed by atoms with van der Waals surface area (Å²) in [7, 11) is 0. The molecule has 0 unspecified atom stereocenters. The van der Waals surface area contributed by atoms with E-state index in [0.717, 1.165) is 22.7 Å². The molecule has 1 aromatic heterocycles. The summed E-state index contributed by atoms with van der Waals surface area (Å²) >= 11 is 0. The third kappa shape index (κ3) is 5.43. The molecule has 286 valence electrons. The Morgan fingerprint density at radius 2 is 0.885 bits per heavy atom. The summed E-state index contributed by atoms with van der Waals surface area (Å²) < 4.78 is 2.40. The lowest BCUT2D eigenvalue weighted by molar-refractivity contribution is 0.775. The topological polar surface area (TPSA) is 8.17 Å². The van der Waals surface area contributed by atoms with Gasteiger partial charge in [0.15, 0.2) is 0 Å². The average Bonchev–Trinajstić information content (AvgIpc) is 3.84. The first-order chi connectivity index (χ1) is 30.3. The minimum Gasteiger partial charge on any atom is -0.310 e. The van der Waals surface area contributed by atoms with Crippen LogP contribution in [0.5, 0.6) is 0 Å². The predicted molar refractivity (Wildman–Crippen MR) is 256 cm³/mol. The van der Waals surface area contributed by atoms with Crippen molar-refractivity contribution in [1.82, 2.24) is 4.57 Å². The number of hydrogen-bond acceptors (Lipinski definition) is 1. The predicted octanol–water partition coefficient (Wildman–Crippen LogP) is 15.4. The minimum atomic E-state index is -0.488. The molecule has 1 aliphatic carbocycles. The highest BCUT2D eigenvalue weighted by atomic mass is 15.1. The SMILES string of the molecule is c1ccc(-c2ccc(N(c3ccc4c5c(ccc4c3)-c3ccccc3C5(c3ccccc3)c3ccccc3)c3ccc4c5ccccc5n(-c5ccccc5)c4c3)cc2)cc1. The van der Waals surface area contributed by atoms with Crippen molar-refractivity contribution >= 4 is 49.6 Å². The van der Waals surface area contributed by atoms with Crippen LogP contribution >= 0.6 is 0 Å². The number of anilines is 3. The van der Waals surface area contributed by atoms with Crippen molar-refractivity contribution in [2.75, 3.05) is 4.90 Å². The fourth-order valence-corrected chi connectivity index (χ4v) is 10.2. The molecule has 0 aliphatic heterocycles. The summed E-state index contributed by atoms with van der Waals surface area (Å²) in [4.78, 5) is 2.42. The van der Waals surface area contributed by atoms with Crippen LogP contribution in [-0.4, -0.2) is 4.57 Å². The van der Waals surface area contributed by atoms with Crippen molar-refractivity contribution in [1.29, 1.82) is 0 Å². The number of nitrogens with zero attached hydrogens (tertiary/aromatic N) is 2. The van der Waals surface area contributed by atoms with Gasteiger partial charge in [0.25, 0.3) is 0 Å². The lowest BCUT2D eigenvalue weighted by Crippen LogP contribution is -2.28. The maximum atomic E-state index is 2.42. The molecule has 0 atom stereocenters. The molecule has 0 saturated carbocycles. The highest BCUT2D eigenvalue weighted by Gasteiger charge is 2.47. The van der Waals surface area contributed by atoms with Crippen LogP contribution in [0.3, 0.4) is 0 Å². The van der Waals surface area contributed by atoms with Crippen molar-refractivity contribution < 1.29 is 0 Å². The van der Waals surface area contributed by atoms with Crippen LogP contribution in [-0.2, 0) is 5.41 Å². The average molecular weight is 777 g/mol. The maximum absolute atomic E-state index is 2.42. The molecular formula is C59H40N2. The number of benzene rings is 10. The van der Waals surface area contributed by atoms with Gasteiger partial charge in [-0.05, 0) is 110 Å². The third-order valence-corrected chi connectivity index (χ3v) is 12.8. The number of hydrogen-bond donors (Lipinski definition) is 0. The van der Waals surface area contributed by atoms with Gasteiger partial charge in [-0.25, -0.2) is 0 Å². The van der Waals surface area contributed by atoms with E-state index in [1.807, 2.05) is 0 Å². The molecule has 0 radical (unpaired) electrons. The Kier molecular flexibility index (Phi) is 8.11. The molecule has 0 saturated heterocycles. The van der Waals surface area contributed by atoms with E-state index in [1.165, 1.54) is 77.1 Å². The highest BCUT2D eigenvalue weighted by Crippen LogP contribution is 2.58. The number of fused-ring (bicyclic) bond motifs is 8. The lowest BCUT2D eigenvalue weighted by atomic mass is 9.67. The van der Waals surface area contributed by atoms with Crippen LogP contribution in [0.1, 0.15) is 22.3 Å². The zero-order valence-corrected chi connectivity index (χ0v) is 33.5. The van der Waals surface area contributed by atoms with Crippen LogP contribution in [0.25, 0.3) is 60.5 Å². The Bertz CT molecular complexity index is 3350. The fraction of sp³-hybridized carbons (Fsp3) is 0.0169. The Morgan fingerprint density at radius 1 is 0.344 bits per heavy atom. The van der Waals surface area contributed by atoms with E-state index in [9.17, 15) is 0 Å². The Labute approximate surface area is 355 Å². The zero-order chi connectivity index (χ0) is 40.3. The second kappa shape index (κ2) is 14.1. The van der Waals surface area contributed by atoms with Gasteiger partial charge < -0.3 is 9.47 Å². The van der Waals surface area contributed by atoms with Gasteiger partial charge in [-0.3, -0.25) is 0 Å². The first-order valence-corrected chi connectivity index (χ1v) is 21.1. The Morgan fingerprint density at radius 3 is 1.61 bits per heavy atom. The summed E-state index contributed by atoms with van der Waals surface area (Å²) in [5.41, 5.74) is 16.5. The maximum Gasteiger partial charge on any atom is 0.0719 e. The van der Waals surface area contributed by atoms with Crippen LogP contribution in [0.15, 0.2) is 243 Å². The first-order valence-electron chi connectivity index (χ1n) is 21.1. The van der Waals surface area contributed by atoms with Crippen LogP contribution < -0.4 is 4.90 Å². The second-order valence-electron chi connectivity index (χ2n) is 16.1. The normalized spacial score (nSPS) is 12.7. The van der Waals surface area contributed by atoms with E-state index in [4.69, 9.17) is 0 Å². The molecular weight excluding hydrogens is 737 g/mol. The van der Waals surface area contributed by atoms with E-state index in [1.54, 1.807) is 0 Å². The molecule has 0 bridgehead atoms. The van der Waals surface area contributed by atoms with Gasteiger partial charge in [-0.15, -0.1) is 0 Å². The van der Waals surface area contributed by atoms with E-state index in [-0.39, 0.29) is 0 Å². The molecule has 10 aromatic carbocycles. The van der Waals surface area contributed by atoms with Gasteiger partial charge >= 0.3 is 0 Å². The van der Waals surface area contributed by atoms with Gasteiger partial charge in [0.1, 0.15) is 0 Å². The number of aromatic nitrogens is 1. The van der Waals surface area contributed by atoms with Crippen LogP contribution in [0, 0.1) is 0 Å². The third-order valence-electron chi connectivity index (χ3n) is 12.8. The van der Waals surface area contributed by atoms with E-state index in [2.05, 4.69) is 252 Å². The van der Waals surface area contributed by atoms with Crippen LogP contribution in [0.4, 0.5) is 17.1 Å². The Hall–Kier alpha value is -7.94. The molecule has 12 rings (SSSR count). The molecule has 1 aliphatic rings. The molecule has 0 fully saturated rings. The van der Waals surface area contributed by atoms with Gasteiger partial charge in [-0.1, -0.05) is 188 Å². The number of para-hydroxylation sites is 2. The van der Waals surface area contributed by atoms with Gasteiger partial charge in [-0.2, -0.15) is 0 Å². The molecule has 1 heterocycles. The minimum absolute atomic E-state index is 0.488. The summed E-state index contributed by atoms with van der Waals surface area (Å²) in [6, 6.07) is 89.0. The fourth-order valence-electron chi connectivity index (χ4n) is 10.2. The number of rotatable bonds is 7. The second-order valence-corrected chi connectivity index (χ2v) is 16.1. The van der Waals surface area contributed by atoms with Gasteiger partial charge in [0.05, 0.1) is 16.4 Å². The standard InChI is InChI=1S/C59H40N2/c1-5-17-41(18-6-1)42-29-32-47(33-30-42)60(49-35-38-53-52-26-14-16-28-56(52)61(57(53)40-49)46-23-11-4-12-24-46)48-34-37-50-43(39-48)31-36-54-51-25-13-15-27-55(51)59(58(50)54,44-19-7-2-8-20-44)45-21-9-3-10-22-45/h1-40H. The van der Waals surface area contributed by atoms with E-state index in [0.29, 0.717) is 0 Å². The molecule has 0 N–H and O–H groups in total. The molecule has 2 nitrogen and oxygen atoms in total. The van der Waals surface area contributed by atoms with Crippen molar-refractivity contribution in [2.24, 2.45) is 0 Å². The van der Waals surface area contributed by atoms with Gasteiger partial charge in [0.2, 0.25) is 0 Å². The largest absolute Gasteiger partial charge is 0.310 e. The molecule has 0 amide bonds. The lowest BCUT2D eigenvalue weighted by Gasteiger charge is -2.35. The van der Waals surface area contributed by atoms with Crippen LogP contribution in [0.2, 0.25) is 0 Å². The smallest absolute Gasteiger partial charge is 0.0719 e. The molecule has 11 aromatic rings. The summed E-state index contributed by atoms with van der Waals surface area (Å²) in [6.45, 7) is 0.